The highest BCUT2D eigenvalue weighted by Gasteiger charge is 2.22. The Labute approximate surface area is 159 Å². The molecule has 27 heavy (non-hydrogen) atoms. The molecule has 0 rings (SSSR count). The summed E-state index contributed by atoms with van der Waals surface area (Å²) >= 11 is 0. The van der Waals surface area contributed by atoms with Crippen LogP contribution in [0.3, 0.4) is 0 Å². The standard InChI is InChI=1S/C19H28O8/c1-11(2)17(21)26-14(6)9-24-16(20)8-13(5)19(23)25-10-15(7)27-18(22)12(3)4/h13-15H,1,3,8-10H2,2,4-7H3. The summed E-state index contributed by atoms with van der Waals surface area (Å²) in [5.41, 5.74) is 0.486. The maximum atomic E-state index is 11.9. The van der Waals surface area contributed by atoms with Crippen molar-refractivity contribution < 1.29 is 38.1 Å². The molecule has 0 fully saturated rings. The van der Waals surface area contributed by atoms with E-state index >= 15 is 0 Å². The maximum Gasteiger partial charge on any atom is 0.333 e. The molecule has 0 aliphatic heterocycles. The predicted octanol–water partition coefficient (Wildman–Crippen LogP) is 2.11. The van der Waals surface area contributed by atoms with E-state index < -0.39 is 42.0 Å². The van der Waals surface area contributed by atoms with Crippen molar-refractivity contribution in [1.82, 2.24) is 0 Å². The van der Waals surface area contributed by atoms with E-state index in [9.17, 15) is 19.2 Å². The quantitative estimate of drug-likeness (QED) is 0.303. The number of carbonyl (C=O) groups excluding carboxylic acids is 4. The van der Waals surface area contributed by atoms with Crippen LogP contribution in [-0.2, 0) is 38.1 Å². The lowest BCUT2D eigenvalue weighted by Crippen LogP contribution is -2.27. The molecule has 0 saturated heterocycles. The summed E-state index contributed by atoms with van der Waals surface area (Å²) < 4.78 is 20.0. The first-order chi connectivity index (χ1) is 12.4. The molecule has 3 atom stereocenters. The number of ether oxygens (including phenoxy) is 4. The third-order valence-electron chi connectivity index (χ3n) is 3.13. The van der Waals surface area contributed by atoms with E-state index in [4.69, 9.17) is 18.9 Å². The Bertz CT molecular complexity index is 593. The Kier molecular flexibility index (Phi) is 10.7. The van der Waals surface area contributed by atoms with E-state index in [-0.39, 0.29) is 30.8 Å². The molecule has 0 saturated carbocycles. The van der Waals surface area contributed by atoms with Gasteiger partial charge in [-0.25, -0.2) is 9.59 Å². The van der Waals surface area contributed by atoms with Crippen molar-refractivity contribution in [2.45, 2.75) is 53.2 Å². The van der Waals surface area contributed by atoms with Gasteiger partial charge >= 0.3 is 23.9 Å². The van der Waals surface area contributed by atoms with Gasteiger partial charge in [0.2, 0.25) is 0 Å². The SMILES string of the molecule is C=C(C)C(=O)OC(C)COC(=O)CC(C)C(=O)OCC(C)OC(=O)C(=C)C. The van der Waals surface area contributed by atoms with Gasteiger partial charge in [0, 0.05) is 11.1 Å². The second-order valence-corrected chi connectivity index (χ2v) is 6.41. The van der Waals surface area contributed by atoms with Crippen LogP contribution >= 0.6 is 0 Å². The Morgan fingerprint density at radius 3 is 1.59 bits per heavy atom. The fourth-order valence-electron chi connectivity index (χ4n) is 1.58. The molecule has 0 amide bonds. The van der Waals surface area contributed by atoms with E-state index in [1.54, 1.807) is 13.8 Å². The van der Waals surface area contributed by atoms with E-state index in [0.29, 0.717) is 0 Å². The van der Waals surface area contributed by atoms with Crippen LogP contribution in [0.25, 0.3) is 0 Å². The first kappa shape index (κ1) is 24.4. The van der Waals surface area contributed by atoms with E-state index in [1.807, 2.05) is 0 Å². The van der Waals surface area contributed by atoms with Gasteiger partial charge in [0.1, 0.15) is 25.4 Å². The van der Waals surface area contributed by atoms with Crippen molar-refractivity contribution in [2.24, 2.45) is 5.92 Å². The van der Waals surface area contributed by atoms with Crippen LogP contribution in [0.15, 0.2) is 24.3 Å². The molecule has 8 heteroatoms. The number of hydrogen-bond donors (Lipinski definition) is 0. The van der Waals surface area contributed by atoms with E-state index in [1.165, 1.54) is 20.8 Å². The van der Waals surface area contributed by atoms with Crippen LogP contribution in [0, 0.1) is 5.92 Å². The number of rotatable bonds is 11. The molecular weight excluding hydrogens is 356 g/mol. The Hall–Kier alpha value is -2.64. The summed E-state index contributed by atoms with van der Waals surface area (Å²) in [5, 5.41) is 0. The summed E-state index contributed by atoms with van der Waals surface area (Å²) in [4.78, 5) is 46.4. The highest BCUT2D eigenvalue weighted by molar-refractivity contribution is 5.87. The van der Waals surface area contributed by atoms with Crippen molar-refractivity contribution in [3.05, 3.63) is 24.3 Å². The van der Waals surface area contributed by atoms with Crippen molar-refractivity contribution in [2.75, 3.05) is 13.2 Å². The Morgan fingerprint density at radius 2 is 1.19 bits per heavy atom. The third-order valence-corrected chi connectivity index (χ3v) is 3.13. The fourth-order valence-corrected chi connectivity index (χ4v) is 1.58. The van der Waals surface area contributed by atoms with Crippen molar-refractivity contribution in [3.8, 4) is 0 Å². The van der Waals surface area contributed by atoms with Gasteiger partial charge in [-0.05, 0) is 27.7 Å². The first-order valence-electron chi connectivity index (χ1n) is 8.49. The minimum absolute atomic E-state index is 0.131. The van der Waals surface area contributed by atoms with Crippen LogP contribution in [0.1, 0.15) is 41.0 Å². The monoisotopic (exact) mass is 384 g/mol. The highest BCUT2D eigenvalue weighted by Crippen LogP contribution is 2.09. The van der Waals surface area contributed by atoms with Gasteiger partial charge in [-0.3, -0.25) is 9.59 Å². The van der Waals surface area contributed by atoms with E-state index in [2.05, 4.69) is 13.2 Å². The van der Waals surface area contributed by atoms with Gasteiger partial charge < -0.3 is 18.9 Å². The molecule has 0 heterocycles. The molecule has 3 unspecified atom stereocenters. The zero-order valence-electron chi connectivity index (χ0n) is 16.5. The summed E-state index contributed by atoms with van der Waals surface area (Å²) in [7, 11) is 0. The zero-order valence-corrected chi connectivity index (χ0v) is 16.5. The molecule has 0 aromatic heterocycles. The molecule has 0 aliphatic rings. The molecule has 0 aromatic rings. The van der Waals surface area contributed by atoms with Crippen LogP contribution in [0.2, 0.25) is 0 Å². The normalized spacial score (nSPS) is 13.5. The summed E-state index contributed by atoms with van der Waals surface area (Å²) in [5.74, 6) is -3.13. The number of esters is 4. The molecule has 152 valence electrons. The smallest absolute Gasteiger partial charge is 0.333 e. The second-order valence-electron chi connectivity index (χ2n) is 6.41. The van der Waals surface area contributed by atoms with Crippen LogP contribution < -0.4 is 0 Å². The molecule has 0 aliphatic carbocycles. The van der Waals surface area contributed by atoms with Gasteiger partial charge in [0.05, 0.1) is 12.3 Å². The molecular formula is C19H28O8. The molecule has 0 spiro atoms. The van der Waals surface area contributed by atoms with Gasteiger partial charge in [0.15, 0.2) is 0 Å². The second kappa shape index (κ2) is 11.9. The van der Waals surface area contributed by atoms with Gasteiger partial charge in [-0.1, -0.05) is 20.1 Å². The molecule has 0 bridgehead atoms. The number of hydrogen-bond acceptors (Lipinski definition) is 8. The van der Waals surface area contributed by atoms with Gasteiger partial charge in [0.25, 0.3) is 0 Å². The van der Waals surface area contributed by atoms with Gasteiger partial charge in [-0.2, -0.15) is 0 Å². The molecule has 0 N–H and O–H groups in total. The third kappa shape index (κ3) is 10.8. The maximum absolute atomic E-state index is 11.9. The molecule has 0 radical (unpaired) electrons. The lowest BCUT2D eigenvalue weighted by atomic mass is 10.1. The summed E-state index contributed by atoms with van der Waals surface area (Å²) in [6.07, 6.45) is -1.47. The minimum Gasteiger partial charge on any atom is -0.462 e. The van der Waals surface area contributed by atoms with Crippen molar-refractivity contribution in [3.63, 3.8) is 0 Å². The zero-order chi connectivity index (χ0) is 21.1. The van der Waals surface area contributed by atoms with Crippen molar-refractivity contribution in [1.29, 1.82) is 0 Å². The average molecular weight is 384 g/mol. The van der Waals surface area contributed by atoms with E-state index in [0.717, 1.165) is 0 Å². The molecule has 0 aromatic carbocycles. The minimum atomic E-state index is -0.741. The Balaban J connectivity index is 4.18. The predicted molar refractivity (Wildman–Crippen MR) is 96.4 cm³/mol. The lowest BCUT2D eigenvalue weighted by Gasteiger charge is -2.16. The topological polar surface area (TPSA) is 105 Å². The van der Waals surface area contributed by atoms with Crippen LogP contribution in [0.4, 0.5) is 0 Å². The first-order valence-corrected chi connectivity index (χ1v) is 8.49. The summed E-state index contributed by atoms with van der Waals surface area (Å²) in [6.45, 7) is 14.3. The summed E-state index contributed by atoms with van der Waals surface area (Å²) in [6, 6.07) is 0. The average Bonchev–Trinajstić information content (AvgIpc) is 2.57. The van der Waals surface area contributed by atoms with Crippen molar-refractivity contribution >= 4 is 23.9 Å². The highest BCUT2D eigenvalue weighted by atomic mass is 16.6. The van der Waals surface area contributed by atoms with Gasteiger partial charge in [-0.15, -0.1) is 0 Å². The van der Waals surface area contributed by atoms with Crippen LogP contribution in [-0.4, -0.2) is 49.3 Å². The lowest BCUT2D eigenvalue weighted by molar-refractivity contribution is -0.162. The van der Waals surface area contributed by atoms with Crippen LogP contribution in [0.5, 0.6) is 0 Å². The fraction of sp³-hybridized carbons (Fsp3) is 0.579. The Morgan fingerprint density at radius 1 is 0.778 bits per heavy atom. The number of carbonyl (C=O) groups is 4. The largest absolute Gasteiger partial charge is 0.462 e. The molecule has 8 nitrogen and oxygen atoms in total.